The van der Waals surface area contributed by atoms with Crippen LogP contribution in [0, 0.1) is 6.92 Å². The van der Waals surface area contributed by atoms with Crippen LogP contribution in [0.4, 0.5) is 0 Å². The number of nitrogens with zero attached hydrogens (tertiary/aromatic N) is 2. The van der Waals surface area contributed by atoms with Gasteiger partial charge in [0.25, 0.3) is 0 Å². The summed E-state index contributed by atoms with van der Waals surface area (Å²) in [7, 11) is 1.60. The van der Waals surface area contributed by atoms with E-state index in [1.807, 2.05) is 35.9 Å². The minimum absolute atomic E-state index is 0. The van der Waals surface area contributed by atoms with Crippen LogP contribution in [-0.4, -0.2) is 22.6 Å². The Labute approximate surface area is 123 Å². The molecule has 0 aliphatic rings. The van der Waals surface area contributed by atoms with Crippen LogP contribution in [0.2, 0.25) is 0 Å². The maximum atomic E-state index is 10.7. The van der Waals surface area contributed by atoms with Crippen LogP contribution in [0.25, 0.3) is 11.8 Å². The van der Waals surface area contributed by atoms with E-state index in [0.29, 0.717) is 5.75 Å². The number of rotatable bonds is 4. The summed E-state index contributed by atoms with van der Waals surface area (Å²) in [6, 6.07) is 5.62. The number of hydrogen-bond acceptors (Lipinski definition) is 3. The third-order valence-corrected chi connectivity index (χ3v) is 2.63. The van der Waals surface area contributed by atoms with E-state index < -0.39 is 5.91 Å². The standard InChI is InChI=1S/C14H15N3O2.ClH/c1-10-8-17(9-16-10)12-5-3-11(4-6-14(15)18)7-13(12)19-2;/h3-9H,1-2H3,(H2,15,18);1H/b6-4+;. The van der Waals surface area contributed by atoms with Crippen LogP contribution in [0.15, 0.2) is 36.8 Å². The normalized spacial score (nSPS) is 10.3. The van der Waals surface area contributed by atoms with Crippen LogP contribution in [0.1, 0.15) is 11.3 Å². The van der Waals surface area contributed by atoms with Crippen LogP contribution < -0.4 is 10.5 Å². The number of amides is 1. The number of benzene rings is 1. The molecule has 5 nitrogen and oxygen atoms in total. The topological polar surface area (TPSA) is 70.1 Å². The Kier molecular flexibility index (Phi) is 5.34. The van der Waals surface area contributed by atoms with Crippen molar-refractivity contribution < 1.29 is 9.53 Å². The van der Waals surface area contributed by atoms with E-state index in [4.69, 9.17) is 10.5 Å². The molecule has 0 aliphatic heterocycles. The molecule has 0 saturated heterocycles. The van der Waals surface area contributed by atoms with Gasteiger partial charge in [0, 0.05) is 12.3 Å². The van der Waals surface area contributed by atoms with Gasteiger partial charge in [-0.05, 0) is 30.7 Å². The Hall–Kier alpha value is -2.27. The quantitative estimate of drug-likeness (QED) is 0.878. The Morgan fingerprint density at radius 1 is 1.45 bits per heavy atom. The molecule has 2 rings (SSSR count). The number of imidazole rings is 1. The van der Waals surface area contributed by atoms with E-state index >= 15 is 0 Å². The van der Waals surface area contributed by atoms with Gasteiger partial charge in [0.1, 0.15) is 5.75 Å². The molecule has 0 saturated carbocycles. The van der Waals surface area contributed by atoms with Gasteiger partial charge in [0.2, 0.25) is 5.91 Å². The zero-order valence-corrected chi connectivity index (χ0v) is 12.1. The molecular formula is C14H16ClN3O2. The second-order valence-corrected chi connectivity index (χ2v) is 4.09. The molecule has 0 radical (unpaired) electrons. The number of aromatic nitrogens is 2. The molecule has 0 spiro atoms. The zero-order valence-electron chi connectivity index (χ0n) is 11.2. The van der Waals surface area contributed by atoms with E-state index in [0.717, 1.165) is 16.9 Å². The summed E-state index contributed by atoms with van der Waals surface area (Å²) in [5.41, 5.74) is 7.73. The number of methoxy groups -OCH3 is 1. The number of carbonyl (C=O) groups is 1. The van der Waals surface area contributed by atoms with Gasteiger partial charge in [0.15, 0.2) is 0 Å². The van der Waals surface area contributed by atoms with Crippen molar-refractivity contribution in [1.29, 1.82) is 0 Å². The summed E-state index contributed by atoms with van der Waals surface area (Å²) in [6.45, 7) is 1.92. The molecule has 2 N–H and O–H groups in total. The van der Waals surface area contributed by atoms with Crippen molar-refractivity contribution in [1.82, 2.24) is 9.55 Å². The predicted molar refractivity (Wildman–Crippen MR) is 80.3 cm³/mol. The average molecular weight is 294 g/mol. The van der Waals surface area contributed by atoms with Gasteiger partial charge >= 0.3 is 0 Å². The Bertz CT molecular complexity index is 635. The van der Waals surface area contributed by atoms with Crippen molar-refractivity contribution in [3.8, 4) is 11.4 Å². The summed E-state index contributed by atoms with van der Waals surface area (Å²) in [6.07, 6.45) is 6.60. The average Bonchev–Trinajstić information content (AvgIpc) is 2.82. The molecule has 6 heteroatoms. The molecule has 1 heterocycles. The van der Waals surface area contributed by atoms with Crippen molar-refractivity contribution >= 4 is 24.4 Å². The smallest absolute Gasteiger partial charge is 0.241 e. The van der Waals surface area contributed by atoms with Gasteiger partial charge in [-0.3, -0.25) is 4.79 Å². The number of halogens is 1. The minimum Gasteiger partial charge on any atom is -0.495 e. The molecule has 20 heavy (non-hydrogen) atoms. The van der Waals surface area contributed by atoms with E-state index in [9.17, 15) is 4.79 Å². The summed E-state index contributed by atoms with van der Waals surface area (Å²) < 4.78 is 7.24. The summed E-state index contributed by atoms with van der Waals surface area (Å²) >= 11 is 0. The molecule has 0 bridgehead atoms. The van der Waals surface area contributed by atoms with Crippen LogP contribution in [-0.2, 0) is 4.79 Å². The lowest BCUT2D eigenvalue weighted by Gasteiger charge is -2.09. The molecular weight excluding hydrogens is 278 g/mol. The second-order valence-electron chi connectivity index (χ2n) is 4.09. The number of carbonyl (C=O) groups excluding carboxylic acids is 1. The summed E-state index contributed by atoms with van der Waals surface area (Å²) in [4.78, 5) is 14.9. The van der Waals surface area contributed by atoms with Gasteiger partial charge < -0.3 is 15.0 Å². The Morgan fingerprint density at radius 2 is 2.20 bits per heavy atom. The van der Waals surface area contributed by atoms with Gasteiger partial charge in [0.05, 0.1) is 24.8 Å². The highest BCUT2D eigenvalue weighted by Gasteiger charge is 2.06. The van der Waals surface area contributed by atoms with Crippen LogP contribution >= 0.6 is 12.4 Å². The lowest BCUT2D eigenvalue weighted by Crippen LogP contribution is -2.05. The number of hydrogen-bond donors (Lipinski definition) is 1. The number of ether oxygens (including phenoxy) is 1. The Balaban J connectivity index is 0.00000200. The first-order chi connectivity index (χ1) is 9.10. The molecule has 1 aromatic carbocycles. The van der Waals surface area contributed by atoms with Crippen molar-refractivity contribution in [2.45, 2.75) is 6.92 Å². The molecule has 0 unspecified atom stereocenters. The first-order valence-electron chi connectivity index (χ1n) is 5.76. The van der Waals surface area contributed by atoms with E-state index in [-0.39, 0.29) is 12.4 Å². The zero-order chi connectivity index (χ0) is 13.8. The third kappa shape index (κ3) is 3.61. The van der Waals surface area contributed by atoms with E-state index in [1.165, 1.54) is 6.08 Å². The van der Waals surface area contributed by atoms with E-state index in [1.54, 1.807) is 19.5 Å². The maximum absolute atomic E-state index is 10.7. The highest BCUT2D eigenvalue weighted by Crippen LogP contribution is 2.25. The maximum Gasteiger partial charge on any atom is 0.241 e. The van der Waals surface area contributed by atoms with Crippen molar-refractivity contribution in [3.63, 3.8) is 0 Å². The third-order valence-electron chi connectivity index (χ3n) is 2.63. The molecule has 0 fully saturated rings. The fraction of sp³-hybridized carbons (Fsp3) is 0.143. The summed E-state index contributed by atoms with van der Waals surface area (Å²) in [5, 5.41) is 0. The van der Waals surface area contributed by atoms with Crippen LogP contribution in [0.3, 0.4) is 0 Å². The highest BCUT2D eigenvalue weighted by molar-refractivity contribution is 5.90. The van der Waals surface area contributed by atoms with Gasteiger partial charge in [-0.15, -0.1) is 12.4 Å². The minimum atomic E-state index is -0.478. The van der Waals surface area contributed by atoms with Crippen LogP contribution in [0.5, 0.6) is 5.75 Å². The van der Waals surface area contributed by atoms with Crippen molar-refractivity contribution in [3.05, 3.63) is 48.1 Å². The first kappa shape index (κ1) is 15.8. The fourth-order valence-corrected chi connectivity index (χ4v) is 1.74. The molecule has 2 aromatic rings. The SMILES string of the molecule is COc1cc(/C=C/C(N)=O)ccc1-n1cnc(C)c1.Cl. The number of primary amides is 1. The lowest BCUT2D eigenvalue weighted by molar-refractivity contribution is -0.113. The van der Waals surface area contributed by atoms with Crippen molar-refractivity contribution in [2.75, 3.05) is 7.11 Å². The van der Waals surface area contributed by atoms with Crippen molar-refractivity contribution in [2.24, 2.45) is 5.73 Å². The molecule has 1 amide bonds. The largest absolute Gasteiger partial charge is 0.495 e. The summed E-state index contributed by atoms with van der Waals surface area (Å²) in [5.74, 6) is 0.220. The molecule has 106 valence electrons. The Morgan fingerprint density at radius 3 is 2.75 bits per heavy atom. The van der Waals surface area contributed by atoms with E-state index in [2.05, 4.69) is 4.98 Å². The lowest BCUT2D eigenvalue weighted by atomic mass is 10.1. The number of aryl methyl sites for hydroxylation is 1. The second kappa shape index (κ2) is 6.77. The number of nitrogens with two attached hydrogens (primary N) is 1. The predicted octanol–water partition coefficient (Wildman–Crippen LogP) is 2.11. The molecule has 1 aromatic heterocycles. The highest BCUT2D eigenvalue weighted by atomic mass is 35.5. The molecule has 0 aliphatic carbocycles. The monoisotopic (exact) mass is 293 g/mol. The van der Waals surface area contributed by atoms with Gasteiger partial charge in [-0.2, -0.15) is 0 Å². The fourth-order valence-electron chi connectivity index (χ4n) is 1.74. The first-order valence-corrected chi connectivity index (χ1v) is 5.76. The molecule has 0 atom stereocenters. The van der Waals surface area contributed by atoms with Gasteiger partial charge in [-0.25, -0.2) is 4.98 Å². The van der Waals surface area contributed by atoms with Gasteiger partial charge in [-0.1, -0.05) is 6.07 Å².